The van der Waals surface area contributed by atoms with Crippen LogP contribution in [0.3, 0.4) is 0 Å². The number of hydrogen-bond acceptors (Lipinski definition) is 1. The van der Waals surface area contributed by atoms with E-state index < -0.39 is 90.2 Å². The highest BCUT2D eigenvalue weighted by atomic mass is 28.4. The van der Waals surface area contributed by atoms with E-state index in [2.05, 4.69) is 34.6 Å². The second-order valence-corrected chi connectivity index (χ2v) is 25.6. The predicted molar refractivity (Wildman–Crippen MR) is 213 cm³/mol. The molecule has 3 aromatic rings. The maximum Gasteiger partial charge on any atom is 0.254 e. The van der Waals surface area contributed by atoms with Crippen LogP contribution in [-0.4, -0.2) is 16.4 Å². The Kier molecular flexibility index (Phi) is 18.3. The van der Waals surface area contributed by atoms with Gasteiger partial charge in [-0.25, -0.2) is 30.7 Å². The van der Waals surface area contributed by atoms with Crippen LogP contribution in [0, 0.1) is 58.5 Å². The highest BCUT2D eigenvalue weighted by molar-refractivity contribution is 6.79. The summed E-state index contributed by atoms with van der Waals surface area (Å²) >= 11 is 0. The second-order valence-electron chi connectivity index (χ2n) is 16.1. The lowest BCUT2D eigenvalue weighted by Gasteiger charge is -2.37. The van der Waals surface area contributed by atoms with Gasteiger partial charge in [0.15, 0.2) is 29.0 Å². The number of fused-ring (bicyclic) bond motifs is 2. The molecule has 2 unspecified atom stereocenters. The summed E-state index contributed by atoms with van der Waals surface area (Å²) < 4.78 is 130. The Morgan fingerprint density at radius 3 is 1.57 bits per heavy atom. The van der Waals surface area contributed by atoms with Gasteiger partial charge < -0.3 is 4.43 Å². The molecule has 0 aromatic heterocycles. The molecule has 3 aromatic carbocycles. The van der Waals surface area contributed by atoms with E-state index in [9.17, 15) is 13.2 Å². The summed E-state index contributed by atoms with van der Waals surface area (Å²) in [6, 6.07) is 7.64. The first-order valence-corrected chi connectivity index (χ1v) is 26.0. The van der Waals surface area contributed by atoms with E-state index >= 15 is 22.0 Å². The molecule has 0 N–H and O–H groups in total. The van der Waals surface area contributed by atoms with E-state index in [1.54, 1.807) is 0 Å². The SMILES string of the molecule is CCCCCCC(CC)CC[Si](CCCCCC[Si](CCC)(CCC)CCC)(Oc1c(F)c(F)c2c(F)c3c(F)[c]c(F)c(F)c3c(F)c2c1F)C(C)C. The lowest BCUT2D eigenvalue weighted by molar-refractivity contribution is 0.390. The number of unbranched alkanes of at least 4 members (excludes halogenated alkanes) is 6. The largest absolute Gasteiger partial charge is 0.539 e. The lowest BCUT2D eigenvalue weighted by atomic mass is 9.96. The van der Waals surface area contributed by atoms with Gasteiger partial charge in [0.2, 0.25) is 5.82 Å². The molecule has 0 bridgehead atoms. The molecule has 305 valence electrons. The molecule has 0 aliphatic rings. The highest BCUT2D eigenvalue weighted by Gasteiger charge is 2.43. The Hall–Kier alpha value is -2.15. The van der Waals surface area contributed by atoms with Crippen LogP contribution in [0.1, 0.15) is 138 Å². The summed E-state index contributed by atoms with van der Waals surface area (Å²) in [5, 5.41) is -6.02. The van der Waals surface area contributed by atoms with Gasteiger partial charge in [0.1, 0.15) is 17.5 Å². The molecule has 0 amide bonds. The smallest absolute Gasteiger partial charge is 0.254 e. The maximum absolute atomic E-state index is 16.5. The highest BCUT2D eigenvalue weighted by Crippen LogP contribution is 2.45. The first-order chi connectivity index (χ1) is 25.7. The lowest BCUT2D eigenvalue weighted by Crippen LogP contribution is -2.45. The van der Waals surface area contributed by atoms with E-state index in [0.29, 0.717) is 18.0 Å². The van der Waals surface area contributed by atoms with Crippen LogP contribution in [0.25, 0.3) is 21.5 Å². The summed E-state index contributed by atoms with van der Waals surface area (Å²) in [7, 11) is -4.56. The summed E-state index contributed by atoms with van der Waals surface area (Å²) in [4.78, 5) is 0. The summed E-state index contributed by atoms with van der Waals surface area (Å²) in [5.74, 6) is -16.2. The number of halogens is 8. The fraction of sp³-hybridized carbons (Fsp3) is 0.674. The normalized spacial score (nSPS) is 14.1. The first kappa shape index (κ1) is 46.2. The number of benzene rings is 3. The second kappa shape index (κ2) is 21.4. The molecule has 11 heteroatoms. The molecule has 54 heavy (non-hydrogen) atoms. The molecule has 1 radical (unpaired) electrons. The predicted octanol–water partition coefficient (Wildman–Crippen LogP) is 16.3. The van der Waals surface area contributed by atoms with Crippen molar-refractivity contribution in [2.45, 2.75) is 180 Å². The summed E-state index contributed by atoms with van der Waals surface area (Å²) in [5.41, 5.74) is -0.194. The van der Waals surface area contributed by atoms with E-state index in [4.69, 9.17) is 4.43 Å². The van der Waals surface area contributed by atoms with Crippen LogP contribution in [0.4, 0.5) is 35.1 Å². The van der Waals surface area contributed by atoms with Gasteiger partial charge >= 0.3 is 0 Å². The fourth-order valence-corrected chi connectivity index (χ4v) is 18.8. The van der Waals surface area contributed by atoms with Crippen molar-refractivity contribution in [3.8, 4) is 5.75 Å². The minimum atomic E-state index is -3.22. The molecular weight excluding hydrogens is 741 g/mol. The Labute approximate surface area is 321 Å². The molecule has 2 atom stereocenters. The summed E-state index contributed by atoms with van der Waals surface area (Å²) in [6.45, 7) is 14.9. The molecule has 0 heterocycles. The van der Waals surface area contributed by atoms with Crippen molar-refractivity contribution in [2.24, 2.45) is 5.92 Å². The molecule has 1 nitrogen and oxygen atoms in total. The third-order valence-electron chi connectivity index (χ3n) is 12.0. The minimum absolute atomic E-state index is 0.194. The zero-order valence-electron chi connectivity index (χ0n) is 33.7. The van der Waals surface area contributed by atoms with Crippen LogP contribution in [-0.2, 0) is 0 Å². The topological polar surface area (TPSA) is 9.23 Å². The molecule has 0 spiro atoms. The van der Waals surface area contributed by atoms with Crippen LogP contribution in [0.2, 0.25) is 41.8 Å². The van der Waals surface area contributed by atoms with Crippen molar-refractivity contribution in [1.29, 1.82) is 0 Å². The standard InChI is InChI=1S/C43H63F8OSi2/c1-8-13-14-17-20-30(12-5)21-27-54(29(6)7,26-19-16-15-18-25-53(22-9-2,23-10-3)24-11-4)52-43-41(50)36-35(40(49)42(43)51)38(47)33-31(44)28-32(45)37(46)34(33)39(36)48/h29-30H,8-27H2,1-7H3. The number of rotatable bonds is 25. The Morgan fingerprint density at radius 2 is 1.02 bits per heavy atom. The van der Waals surface area contributed by atoms with Crippen molar-refractivity contribution >= 4 is 37.9 Å². The van der Waals surface area contributed by atoms with E-state index in [-0.39, 0.29) is 5.54 Å². The average molecular weight is 804 g/mol. The van der Waals surface area contributed by atoms with Gasteiger partial charge in [-0.05, 0) is 30.0 Å². The van der Waals surface area contributed by atoms with Crippen molar-refractivity contribution in [2.75, 3.05) is 0 Å². The van der Waals surface area contributed by atoms with Gasteiger partial charge in [0.05, 0.1) is 35.7 Å². The van der Waals surface area contributed by atoms with Crippen LogP contribution in [0.5, 0.6) is 5.75 Å². The first-order valence-electron chi connectivity index (χ1n) is 20.7. The third kappa shape index (κ3) is 10.6. The zero-order chi connectivity index (χ0) is 40.2. The molecule has 0 fully saturated rings. The van der Waals surface area contributed by atoms with Crippen molar-refractivity contribution in [1.82, 2.24) is 0 Å². The zero-order valence-corrected chi connectivity index (χ0v) is 35.7. The monoisotopic (exact) mass is 803 g/mol. The van der Waals surface area contributed by atoms with Crippen LogP contribution >= 0.6 is 0 Å². The van der Waals surface area contributed by atoms with Gasteiger partial charge in [-0.3, -0.25) is 0 Å². The Morgan fingerprint density at radius 1 is 0.481 bits per heavy atom. The van der Waals surface area contributed by atoms with Crippen molar-refractivity contribution in [3.05, 3.63) is 52.6 Å². The van der Waals surface area contributed by atoms with Gasteiger partial charge in [-0.15, -0.1) is 0 Å². The van der Waals surface area contributed by atoms with Crippen LogP contribution in [0.15, 0.2) is 0 Å². The Balaban J connectivity index is 2.04. The van der Waals surface area contributed by atoms with Gasteiger partial charge in [-0.2, -0.15) is 4.39 Å². The van der Waals surface area contributed by atoms with E-state index in [1.807, 2.05) is 13.8 Å². The molecule has 0 saturated heterocycles. The van der Waals surface area contributed by atoms with Gasteiger partial charge in [0.25, 0.3) is 8.32 Å². The molecular formula is C43H63F8OSi2. The molecule has 0 aliphatic heterocycles. The molecule has 0 aliphatic carbocycles. The minimum Gasteiger partial charge on any atom is -0.539 e. The molecule has 0 saturated carbocycles. The van der Waals surface area contributed by atoms with Gasteiger partial charge in [0, 0.05) is 0 Å². The third-order valence-corrected chi connectivity index (χ3v) is 23.2. The van der Waals surface area contributed by atoms with Gasteiger partial charge in [-0.1, -0.05) is 156 Å². The fourth-order valence-electron chi connectivity index (χ4n) is 8.95. The van der Waals surface area contributed by atoms with Crippen molar-refractivity contribution in [3.63, 3.8) is 0 Å². The van der Waals surface area contributed by atoms with Crippen molar-refractivity contribution < 1.29 is 39.5 Å². The quantitative estimate of drug-likeness (QED) is 0.0273. The summed E-state index contributed by atoms with van der Waals surface area (Å²) in [6.07, 6.45) is 14.5. The average Bonchev–Trinajstić information content (AvgIpc) is 3.13. The Bertz CT molecular complexity index is 1650. The maximum atomic E-state index is 16.5. The molecule has 3 rings (SSSR count). The van der Waals surface area contributed by atoms with E-state index in [1.165, 1.54) is 49.5 Å². The van der Waals surface area contributed by atoms with E-state index in [0.717, 1.165) is 70.6 Å². The number of hydrogen-bond donors (Lipinski definition) is 0. The van der Waals surface area contributed by atoms with Crippen LogP contribution < -0.4 is 4.43 Å².